The SMILES string of the molecule is CCNC(=NCc1c(CC)noc1CC)NCCc1ccc(F)cc1F. The molecule has 0 saturated carbocycles. The molecular formula is C19H26F2N4O. The Morgan fingerprint density at radius 2 is 1.96 bits per heavy atom. The third kappa shape index (κ3) is 5.28. The van der Waals surface area contributed by atoms with E-state index in [0.29, 0.717) is 37.6 Å². The molecule has 1 aromatic heterocycles. The van der Waals surface area contributed by atoms with Crippen LogP contribution in [0, 0.1) is 11.6 Å². The first-order valence-corrected chi connectivity index (χ1v) is 9.01. The van der Waals surface area contributed by atoms with E-state index in [1.54, 1.807) is 0 Å². The Balaban J connectivity index is 1.99. The van der Waals surface area contributed by atoms with Crippen LogP contribution in [0.5, 0.6) is 0 Å². The van der Waals surface area contributed by atoms with Crippen molar-refractivity contribution in [3.05, 3.63) is 52.4 Å². The van der Waals surface area contributed by atoms with E-state index in [-0.39, 0.29) is 0 Å². The predicted octanol–water partition coefficient (Wildman–Crippen LogP) is 3.38. The summed E-state index contributed by atoms with van der Waals surface area (Å²) in [6, 6.07) is 3.63. The monoisotopic (exact) mass is 364 g/mol. The number of guanidine groups is 1. The minimum absolute atomic E-state index is 0.435. The van der Waals surface area contributed by atoms with Gasteiger partial charge in [-0.05, 0) is 31.4 Å². The highest BCUT2D eigenvalue weighted by molar-refractivity contribution is 5.79. The van der Waals surface area contributed by atoms with E-state index < -0.39 is 11.6 Å². The standard InChI is InChI=1S/C19H26F2N4O/c1-4-17-15(18(5-2)26-25-17)12-24-19(22-6-3)23-10-9-13-7-8-14(20)11-16(13)21/h7-8,11H,4-6,9-10,12H2,1-3H3,(H2,22,23,24). The molecule has 0 aliphatic rings. The third-order valence-electron chi connectivity index (χ3n) is 4.05. The Labute approximate surface area is 152 Å². The highest BCUT2D eigenvalue weighted by atomic mass is 19.1. The molecule has 0 saturated heterocycles. The van der Waals surface area contributed by atoms with Crippen molar-refractivity contribution in [1.82, 2.24) is 15.8 Å². The molecular weight excluding hydrogens is 338 g/mol. The number of rotatable bonds is 8. The van der Waals surface area contributed by atoms with Crippen LogP contribution in [0.3, 0.4) is 0 Å². The molecule has 2 N–H and O–H groups in total. The van der Waals surface area contributed by atoms with E-state index in [9.17, 15) is 8.78 Å². The van der Waals surface area contributed by atoms with Crippen molar-refractivity contribution in [3.63, 3.8) is 0 Å². The summed E-state index contributed by atoms with van der Waals surface area (Å²) < 4.78 is 32.0. The predicted molar refractivity (Wildman–Crippen MR) is 98.1 cm³/mol. The number of aromatic nitrogens is 1. The van der Waals surface area contributed by atoms with E-state index in [0.717, 1.165) is 35.9 Å². The number of hydrogen-bond acceptors (Lipinski definition) is 3. The zero-order valence-electron chi connectivity index (χ0n) is 15.5. The summed E-state index contributed by atoms with van der Waals surface area (Å²) in [6.07, 6.45) is 2.00. The summed E-state index contributed by atoms with van der Waals surface area (Å²) in [5.41, 5.74) is 2.42. The molecule has 1 heterocycles. The third-order valence-corrected chi connectivity index (χ3v) is 4.05. The Kier molecular flexibility index (Phi) is 7.56. The number of benzene rings is 1. The Hall–Kier alpha value is -2.44. The van der Waals surface area contributed by atoms with Gasteiger partial charge in [-0.15, -0.1) is 0 Å². The van der Waals surface area contributed by atoms with Gasteiger partial charge in [-0.3, -0.25) is 0 Å². The molecule has 7 heteroatoms. The van der Waals surface area contributed by atoms with E-state index in [1.807, 2.05) is 20.8 Å². The minimum atomic E-state index is -0.568. The van der Waals surface area contributed by atoms with Crippen molar-refractivity contribution in [3.8, 4) is 0 Å². The molecule has 0 radical (unpaired) electrons. The number of hydrogen-bond donors (Lipinski definition) is 2. The van der Waals surface area contributed by atoms with Crippen molar-refractivity contribution < 1.29 is 13.3 Å². The quantitative estimate of drug-likeness (QED) is 0.557. The molecule has 0 spiro atoms. The normalized spacial score (nSPS) is 11.7. The maximum atomic E-state index is 13.7. The molecule has 0 bridgehead atoms. The van der Waals surface area contributed by atoms with Gasteiger partial charge < -0.3 is 15.2 Å². The van der Waals surface area contributed by atoms with Crippen LogP contribution < -0.4 is 10.6 Å². The van der Waals surface area contributed by atoms with Crippen molar-refractivity contribution >= 4 is 5.96 Å². The number of aryl methyl sites for hydroxylation is 2. The second kappa shape index (κ2) is 9.89. The Morgan fingerprint density at radius 1 is 1.15 bits per heavy atom. The molecule has 2 rings (SSSR count). The van der Waals surface area contributed by atoms with Gasteiger partial charge in [0, 0.05) is 31.1 Å². The second-order valence-electron chi connectivity index (χ2n) is 5.85. The molecule has 0 unspecified atom stereocenters. The number of halogens is 2. The molecule has 0 amide bonds. The van der Waals surface area contributed by atoms with Crippen LogP contribution in [0.1, 0.15) is 43.4 Å². The number of aliphatic imine (C=N–C) groups is 1. The van der Waals surface area contributed by atoms with Gasteiger partial charge in [0.2, 0.25) is 0 Å². The summed E-state index contributed by atoms with van der Waals surface area (Å²) in [5.74, 6) is 0.398. The van der Waals surface area contributed by atoms with Gasteiger partial charge in [-0.2, -0.15) is 0 Å². The van der Waals surface area contributed by atoms with Gasteiger partial charge in [0.25, 0.3) is 0 Å². The fraction of sp³-hybridized carbons (Fsp3) is 0.474. The zero-order valence-corrected chi connectivity index (χ0v) is 15.5. The maximum Gasteiger partial charge on any atom is 0.191 e. The maximum absolute atomic E-state index is 13.7. The van der Waals surface area contributed by atoms with Crippen molar-refractivity contribution in [1.29, 1.82) is 0 Å². The van der Waals surface area contributed by atoms with Gasteiger partial charge in [-0.25, -0.2) is 13.8 Å². The highest BCUT2D eigenvalue weighted by Crippen LogP contribution is 2.16. The van der Waals surface area contributed by atoms with Crippen LogP contribution >= 0.6 is 0 Å². The molecule has 0 aliphatic carbocycles. The molecule has 5 nitrogen and oxygen atoms in total. The van der Waals surface area contributed by atoms with Crippen LogP contribution in [-0.2, 0) is 25.8 Å². The minimum Gasteiger partial charge on any atom is -0.361 e. The second-order valence-corrected chi connectivity index (χ2v) is 5.85. The van der Waals surface area contributed by atoms with Crippen LogP contribution in [0.2, 0.25) is 0 Å². The van der Waals surface area contributed by atoms with E-state index >= 15 is 0 Å². The molecule has 0 aliphatic heterocycles. The summed E-state index contributed by atoms with van der Waals surface area (Å²) >= 11 is 0. The Bertz CT molecular complexity index is 722. The average molecular weight is 364 g/mol. The largest absolute Gasteiger partial charge is 0.361 e. The van der Waals surface area contributed by atoms with Gasteiger partial charge in [0.15, 0.2) is 5.96 Å². The summed E-state index contributed by atoms with van der Waals surface area (Å²) in [6.45, 7) is 7.70. The first-order valence-electron chi connectivity index (χ1n) is 9.01. The lowest BCUT2D eigenvalue weighted by atomic mass is 10.1. The molecule has 0 fully saturated rings. The van der Waals surface area contributed by atoms with Crippen LogP contribution in [0.15, 0.2) is 27.7 Å². The van der Waals surface area contributed by atoms with E-state index in [2.05, 4.69) is 20.8 Å². The van der Waals surface area contributed by atoms with Crippen LogP contribution in [0.4, 0.5) is 8.78 Å². The first kappa shape index (κ1) is 19.9. The van der Waals surface area contributed by atoms with Crippen molar-refractivity contribution in [2.75, 3.05) is 13.1 Å². The molecule has 26 heavy (non-hydrogen) atoms. The van der Waals surface area contributed by atoms with Gasteiger partial charge in [-0.1, -0.05) is 25.1 Å². The molecule has 1 aromatic carbocycles. The lowest BCUT2D eigenvalue weighted by Crippen LogP contribution is -2.38. The highest BCUT2D eigenvalue weighted by Gasteiger charge is 2.13. The van der Waals surface area contributed by atoms with Gasteiger partial charge in [0.1, 0.15) is 17.4 Å². The topological polar surface area (TPSA) is 62.5 Å². The van der Waals surface area contributed by atoms with Gasteiger partial charge in [0.05, 0.1) is 12.2 Å². The van der Waals surface area contributed by atoms with E-state index in [1.165, 1.54) is 12.1 Å². The lowest BCUT2D eigenvalue weighted by Gasteiger charge is -2.12. The molecule has 142 valence electrons. The Morgan fingerprint density at radius 3 is 2.62 bits per heavy atom. The van der Waals surface area contributed by atoms with E-state index in [4.69, 9.17) is 4.52 Å². The number of nitrogens with one attached hydrogen (secondary N) is 2. The van der Waals surface area contributed by atoms with Crippen molar-refractivity contribution in [2.45, 2.75) is 46.6 Å². The summed E-state index contributed by atoms with van der Waals surface area (Å²) in [7, 11) is 0. The average Bonchev–Trinajstić information content (AvgIpc) is 3.03. The smallest absolute Gasteiger partial charge is 0.191 e. The molecule has 0 atom stereocenters. The summed E-state index contributed by atoms with van der Waals surface area (Å²) in [4.78, 5) is 4.58. The lowest BCUT2D eigenvalue weighted by molar-refractivity contribution is 0.380. The fourth-order valence-corrected chi connectivity index (χ4v) is 2.66. The summed E-state index contributed by atoms with van der Waals surface area (Å²) in [5, 5.41) is 10.4. The fourth-order valence-electron chi connectivity index (χ4n) is 2.66. The zero-order chi connectivity index (χ0) is 18.9. The molecule has 2 aromatic rings. The van der Waals surface area contributed by atoms with Crippen molar-refractivity contribution in [2.24, 2.45) is 4.99 Å². The van der Waals surface area contributed by atoms with Crippen LogP contribution in [-0.4, -0.2) is 24.2 Å². The van der Waals surface area contributed by atoms with Gasteiger partial charge >= 0.3 is 0 Å². The first-order chi connectivity index (χ1) is 12.6. The number of nitrogens with zero attached hydrogens (tertiary/aromatic N) is 2. The van der Waals surface area contributed by atoms with Crippen LogP contribution in [0.25, 0.3) is 0 Å².